The van der Waals surface area contributed by atoms with Gasteiger partial charge >= 0.3 is 0 Å². The van der Waals surface area contributed by atoms with Crippen LogP contribution in [0.1, 0.15) is 22.3 Å². The number of rotatable bonds is 3. The van der Waals surface area contributed by atoms with Crippen LogP contribution in [0.5, 0.6) is 0 Å². The Bertz CT molecular complexity index is 479. The van der Waals surface area contributed by atoms with E-state index in [1.54, 1.807) is 18.2 Å². The Kier molecular flexibility index (Phi) is 3.62. The van der Waals surface area contributed by atoms with Gasteiger partial charge in [0.2, 0.25) is 11.8 Å². The molecule has 1 aromatic carbocycles. The highest BCUT2D eigenvalue weighted by Gasteiger charge is 2.22. The molecule has 0 bridgehead atoms. The van der Waals surface area contributed by atoms with Crippen molar-refractivity contribution in [2.75, 3.05) is 18.4 Å². The van der Waals surface area contributed by atoms with Crippen molar-refractivity contribution in [3.8, 4) is 0 Å². The molecule has 1 aromatic rings. The van der Waals surface area contributed by atoms with Gasteiger partial charge in [-0.05, 0) is 43.7 Å². The van der Waals surface area contributed by atoms with Crippen LogP contribution in [-0.4, -0.2) is 24.9 Å². The summed E-state index contributed by atoms with van der Waals surface area (Å²) in [5.74, 6) is -0.411. The first-order valence-electron chi connectivity index (χ1n) is 6.00. The van der Waals surface area contributed by atoms with E-state index in [4.69, 9.17) is 5.73 Å². The number of anilines is 1. The van der Waals surface area contributed by atoms with Crippen molar-refractivity contribution < 1.29 is 9.59 Å². The number of nitrogens with two attached hydrogens (primary N) is 1. The minimum Gasteiger partial charge on any atom is -0.366 e. The molecule has 1 unspecified atom stereocenters. The average Bonchev–Trinajstić information content (AvgIpc) is 2.85. The van der Waals surface area contributed by atoms with E-state index in [0.29, 0.717) is 5.56 Å². The maximum absolute atomic E-state index is 11.9. The average molecular weight is 247 g/mol. The molecule has 1 aliphatic heterocycles. The van der Waals surface area contributed by atoms with Gasteiger partial charge in [0.1, 0.15) is 0 Å². The van der Waals surface area contributed by atoms with Gasteiger partial charge < -0.3 is 16.4 Å². The van der Waals surface area contributed by atoms with E-state index in [2.05, 4.69) is 10.6 Å². The van der Waals surface area contributed by atoms with Crippen LogP contribution in [0.2, 0.25) is 0 Å². The fraction of sp³-hybridized carbons (Fsp3) is 0.385. The van der Waals surface area contributed by atoms with Crippen LogP contribution in [0.15, 0.2) is 18.2 Å². The first-order chi connectivity index (χ1) is 8.58. The number of benzene rings is 1. The second-order valence-electron chi connectivity index (χ2n) is 4.57. The molecule has 2 amide bonds. The van der Waals surface area contributed by atoms with Crippen molar-refractivity contribution in [2.45, 2.75) is 13.3 Å². The minimum absolute atomic E-state index is 0.0231. The van der Waals surface area contributed by atoms with E-state index < -0.39 is 5.91 Å². The summed E-state index contributed by atoms with van der Waals surface area (Å²) in [5, 5.41) is 6.04. The summed E-state index contributed by atoms with van der Waals surface area (Å²) in [6.07, 6.45) is 0.865. The predicted octanol–water partition coefficient (Wildman–Crippen LogP) is 0.642. The van der Waals surface area contributed by atoms with Crippen molar-refractivity contribution in [3.63, 3.8) is 0 Å². The quantitative estimate of drug-likeness (QED) is 0.733. The summed E-state index contributed by atoms with van der Waals surface area (Å²) in [6, 6.07) is 5.03. The van der Waals surface area contributed by atoms with E-state index in [0.717, 1.165) is 30.8 Å². The van der Waals surface area contributed by atoms with Gasteiger partial charge in [0, 0.05) is 17.8 Å². The van der Waals surface area contributed by atoms with E-state index in [1.807, 2.05) is 6.92 Å². The zero-order chi connectivity index (χ0) is 13.1. The Morgan fingerprint density at radius 2 is 2.22 bits per heavy atom. The molecule has 1 saturated heterocycles. The van der Waals surface area contributed by atoms with E-state index in [-0.39, 0.29) is 11.8 Å². The van der Waals surface area contributed by atoms with Gasteiger partial charge in [-0.1, -0.05) is 0 Å². The van der Waals surface area contributed by atoms with Crippen molar-refractivity contribution in [2.24, 2.45) is 11.7 Å². The van der Waals surface area contributed by atoms with E-state index >= 15 is 0 Å². The molecule has 2 rings (SSSR count). The molecule has 0 aromatic heterocycles. The molecule has 18 heavy (non-hydrogen) atoms. The SMILES string of the molecule is Cc1cc(C(N)=O)ccc1NC(=O)C1CCNC1. The largest absolute Gasteiger partial charge is 0.366 e. The van der Waals surface area contributed by atoms with Crippen LogP contribution in [0.3, 0.4) is 0 Å². The van der Waals surface area contributed by atoms with Gasteiger partial charge in [-0.2, -0.15) is 0 Å². The number of carbonyl (C=O) groups excluding carboxylic acids is 2. The molecule has 96 valence electrons. The first kappa shape index (κ1) is 12.6. The second kappa shape index (κ2) is 5.18. The van der Waals surface area contributed by atoms with Gasteiger partial charge in [-0.15, -0.1) is 0 Å². The summed E-state index contributed by atoms with van der Waals surface area (Å²) in [5.41, 5.74) is 7.22. The van der Waals surface area contributed by atoms with Crippen LogP contribution in [0, 0.1) is 12.8 Å². The van der Waals surface area contributed by atoms with Crippen molar-refractivity contribution >= 4 is 17.5 Å². The van der Waals surface area contributed by atoms with Crippen molar-refractivity contribution in [1.29, 1.82) is 0 Å². The van der Waals surface area contributed by atoms with Gasteiger partial charge in [0.05, 0.1) is 5.92 Å². The Balaban J connectivity index is 2.09. The van der Waals surface area contributed by atoms with Gasteiger partial charge in [-0.25, -0.2) is 0 Å². The maximum Gasteiger partial charge on any atom is 0.248 e. The maximum atomic E-state index is 11.9. The molecule has 1 fully saturated rings. The molecular formula is C13H17N3O2. The van der Waals surface area contributed by atoms with E-state index in [9.17, 15) is 9.59 Å². The third kappa shape index (κ3) is 2.68. The Hall–Kier alpha value is -1.88. The molecule has 5 nitrogen and oxygen atoms in total. The number of hydrogen-bond acceptors (Lipinski definition) is 3. The summed E-state index contributed by atoms with van der Waals surface area (Å²) in [7, 11) is 0. The number of carbonyl (C=O) groups is 2. The lowest BCUT2D eigenvalue weighted by Gasteiger charge is -2.12. The molecule has 5 heteroatoms. The van der Waals surface area contributed by atoms with Crippen LogP contribution in [-0.2, 0) is 4.79 Å². The fourth-order valence-electron chi connectivity index (χ4n) is 2.07. The molecule has 1 atom stereocenters. The smallest absolute Gasteiger partial charge is 0.248 e. The normalized spacial score (nSPS) is 18.6. The predicted molar refractivity (Wildman–Crippen MR) is 69.3 cm³/mol. The second-order valence-corrected chi connectivity index (χ2v) is 4.57. The Morgan fingerprint density at radius 1 is 1.44 bits per heavy atom. The third-order valence-electron chi connectivity index (χ3n) is 3.20. The Labute approximate surface area is 106 Å². The number of primary amides is 1. The number of amides is 2. The topological polar surface area (TPSA) is 84.2 Å². The summed E-state index contributed by atoms with van der Waals surface area (Å²) in [6.45, 7) is 3.46. The van der Waals surface area contributed by atoms with Gasteiger partial charge in [0.15, 0.2) is 0 Å². The molecule has 0 spiro atoms. The van der Waals surface area contributed by atoms with Gasteiger partial charge in [-0.3, -0.25) is 9.59 Å². The zero-order valence-corrected chi connectivity index (χ0v) is 10.3. The van der Waals surface area contributed by atoms with Crippen molar-refractivity contribution in [1.82, 2.24) is 5.32 Å². The lowest BCUT2D eigenvalue weighted by atomic mass is 10.1. The molecule has 1 heterocycles. The third-order valence-corrected chi connectivity index (χ3v) is 3.20. The monoisotopic (exact) mass is 247 g/mol. The van der Waals surface area contributed by atoms with Crippen LogP contribution >= 0.6 is 0 Å². The lowest BCUT2D eigenvalue weighted by Crippen LogP contribution is -2.25. The minimum atomic E-state index is -0.462. The number of aryl methyl sites for hydroxylation is 1. The fourth-order valence-corrected chi connectivity index (χ4v) is 2.07. The molecular weight excluding hydrogens is 230 g/mol. The summed E-state index contributed by atoms with van der Waals surface area (Å²) in [4.78, 5) is 23.0. The van der Waals surface area contributed by atoms with Crippen LogP contribution in [0.25, 0.3) is 0 Å². The van der Waals surface area contributed by atoms with Gasteiger partial charge in [0.25, 0.3) is 0 Å². The zero-order valence-electron chi connectivity index (χ0n) is 10.3. The molecule has 0 radical (unpaired) electrons. The highest BCUT2D eigenvalue weighted by atomic mass is 16.2. The van der Waals surface area contributed by atoms with Crippen LogP contribution < -0.4 is 16.4 Å². The standard InChI is InChI=1S/C13H17N3O2/c1-8-6-9(12(14)17)2-3-11(8)16-13(18)10-4-5-15-7-10/h2-3,6,10,15H,4-5,7H2,1H3,(H2,14,17)(H,16,18). The summed E-state index contributed by atoms with van der Waals surface area (Å²) >= 11 is 0. The molecule has 1 aliphatic rings. The number of hydrogen-bond donors (Lipinski definition) is 3. The molecule has 0 saturated carbocycles. The molecule has 4 N–H and O–H groups in total. The first-order valence-corrected chi connectivity index (χ1v) is 6.00. The highest BCUT2D eigenvalue weighted by Crippen LogP contribution is 2.18. The van der Waals surface area contributed by atoms with E-state index in [1.165, 1.54) is 0 Å². The molecule has 0 aliphatic carbocycles. The van der Waals surface area contributed by atoms with Crippen molar-refractivity contribution in [3.05, 3.63) is 29.3 Å². The lowest BCUT2D eigenvalue weighted by molar-refractivity contribution is -0.119. The Morgan fingerprint density at radius 3 is 2.78 bits per heavy atom. The summed E-state index contributed by atoms with van der Waals surface area (Å²) < 4.78 is 0. The highest BCUT2D eigenvalue weighted by molar-refractivity contribution is 5.96. The number of nitrogens with one attached hydrogen (secondary N) is 2. The van der Waals surface area contributed by atoms with Crippen LogP contribution in [0.4, 0.5) is 5.69 Å².